The second-order valence-corrected chi connectivity index (χ2v) is 17.2. The van der Waals surface area contributed by atoms with Crippen molar-refractivity contribution in [2.24, 2.45) is 23.7 Å². The van der Waals surface area contributed by atoms with Gasteiger partial charge in [-0.15, -0.1) is 0 Å². The number of likely N-dealkylation sites (N-methyl/N-ethyl adjacent to an activating group) is 2. The van der Waals surface area contributed by atoms with E-state index in [9.17, 15) is 28.4 Å². The number of hydrogen-bond acceptors (Lipinski definition) is 9. The molecule has 324 valence electrons. The number of nitrogens with one attached hydrogen (secondary N) is 3. The molecule has 13 nitrogen and oxygen atoms in total. The normalized spacial score (nSPS) is 18.9. The molecule has 1 aliphatic heterocycles. The van der Waals surface area contributed by atoms with Gasteiger partial charge >= 0.3 is 5.97 Å². The molecular formula is C43H72FN5O8. The van der Waals surface area contributed by atoms with Crippen LogP contribution in [0.3, 0.4) is 0 Å². The quantitative estimate of drug-likeness (QED) is 0.153. The third kappa shape index (κ3) is 13.7. The Hall–Kier alpha value is -3.62. The van der Waals surface area contributed by atoms with Gasteiger partial charge in [-0.1, -0.05) is 73.1 Å². The molecule has 3 N–H and O–H groups in total. The number of halogens is 1. The Balaban J connectivity index is 2.32. The maximum atomic E-state index is 14.7. The van der Waals surface area contributed by atoms with Crippen LogP contribution in [0.25, 0.3) is 0 Å². The molecule has 3 unspecified atom stereocenters. The van der Waals surface area contributed by atoms with Crippen LogP contribution in [-0.4, -0.2) is 122 Å². The van der Waals surface area contributed by atoms with Crippen LogP contribution >= 0.6 is 0 Å². The first-order chi connectivity index (χ1) is 26.6. The molecule has 1 fully saturated rings. The fourth-order valence-corrected chi connectivity index (χ4v) is 7.80. The molecule has 1 saturated heterocycles. The molecule has 1 aromatic carbocycles. The van der Waals surface area contributed by atoms with Gasteiger partial charge in [0.1, 0.15) is 23.5 Å². The number of benzene rings is 1. The molecule has 9 atom stereocenters. The molecule has 1 aromatic rings. The first-order valence-corrected chi connectivity index (χ1v) is 20.5. The zero-order chi connectivity index (χ0) is 43.4. The summed E-state index contributed by atoms with van der Waals surface area (Å²) >= 11 is 0. The van der Waals surface area contributed by atoms with Gasteiger partial charge in [-0.2, -0.15) is 0 Å². The van der Waals surface area contributed by atoms with E-state index in [2.05, 4.69) is 16.0 Å². The summed E-state index contributed by atoms with van der Waals surface area (Å²) in [5, 5.41) is 8.80. The maximum absolute atomic E-state index is 14.7. The number of hydrogen-bond donors (Lipinski definition) is 3. The molecule has 0 aromatic heterocycles. The summed E-state index contributed by atoms with van der Waals surface area (Å²) < 4.78 is 32.2. The number of likely N-dealkylation sites (tertiary alicyclic amines) is 1. The Morgan fingerprint density at radius 2 is 1.54 bits per heavy atom. The van der Waals surface area contributed by atoms with E-state index in [1.807, 2.05) is 41.5 Å². The number of nitrogens with zero attached hydrogens (tertiary/aromatic N) is 2. The van der Waals surface area contributed by atoms with Crippen LogP contribution < -0.4 is 16.0 Å². The molecule has 4 amide bonds. The van der Waals surface area contributed by atoms with Crippen molar-refractivity contribution in [1.29, 1.82) is 0 Å². The van der Waals surface area contributed by atoms with Gasteiger partial charge in [0.2, 0.25) is 23.6 Å². The molecule has 0 aliphatic carbocycles. The number of rotatable bonds is 21. The van der Waals surface area contributed by atoms with Crippen molar-refractivity contribution in [3.63, 3.8) is 0 Å². The molecule has 0 radical (unpaired) electrons. The van der Waals surface area contributed by atoms with E-state index in [-0.39, 0.29) is 53.9 Å². The Kier molecular flexibility index (Phi) is 19.6. The van der Waals surface area contributed by atoms with E-state index < -0.39 is 71.6 Å². The zero-order valence-electron chi connectivity index (χ0n) is 36.9. The van der Waals surface area contributed by atoms with E-state index in [1.54, 1.807) is 69.8 Å². The monoisotopic (exact) mass is 806 g/mol. The predicted molar refractivity (Wildman–Crippen MR) is 218 cm³/mol. The average molecular weight is 806 g/mol. The second kappa shape index (κ2) is 22.5. The van der Waals surface area contributed by atoms with Gasteiger partial charge < -0.3 is 40.0 Å². The highest BCUT2D eigenvalue weighted by molar-refractivity contribution is 5.90. The average Bonchev–Trinajstić information content (AvgIpc) is 3.62. The molecule has 1 heterocycles. The van der Waals surface area contributed by atoms with Crippen molar-refractivity contribution in [3.05, 3.63) is 35.6 Å². The molecule has 2 rings (SSSR count). The first kappa shape index (κ1) is 49.5. The van der Waals surface area contributed by atoms with Crippen molar-refractivity contribution >= 4 is 29.6 Å². The second-order valence-electron chi connectivity index (χ2n) is 17.2. The molecule has 0 spiro atoms. The Morgan fingerprint density at radius 1 is 0.930 bits per heavy atom. The number of carbonyl (C=O) groups is 5. The predicted octanol–water partition coefficient (Wildman–Crippen LogP) is 4.50. The number of carbonyl (C=O) groups excluding carboxylic acids is 5. The van der Waals surface area contributed by atoms with E-state index in [0.717, 1.165) is 0 Å². The lowest BCUT2D eigenvalue weighted by molar-refractivity contribution is -0.159. The third-order valence-corrected chi connectivity index (χ3v) is 11.1. The SMILES string of the molecule is CC[C@H](C)C(C(CC(=O)N1CCC[C@H]1C(OC)[C@@H](C)C(=O)N[C@@H](Cc1ccccc1F)C(=O)OC(C)(C)C)OC)N(C)C(=O)[C@@H](NC(=O)[C@@H](NC)C(C)C)C(C)C. The summed E-state index contributed by atoms with van der Waals surface area (Å²) in [6, 6.07) is 2.67. The standard InChI is InChI=1S/C43H72FN5O8/c1-15-27(6)37(48(12)41(53)36(26(4)5)47-40(52)35(45-11)25(2)3)33(55-13)24-34(50)49-22-18-21-32(49)38(56-14)28(7)39(51)46-31(42(54)57-43(8,9)10)23-29-19-16-17-20-30(29)44/h16-17,19-20,25-28,31-33,35-38,45H,15,18,21-24H2,1-14H3,(H,46,51)(H,47,52)/t27-,28+,31-,32-,33?,35-,36-,37?,38?/m0/s1. The van der Waals surface area contributed by atoms with Crippen LogP contribution in [0.4, 0.5) is 4.39 Å². The van der Waals surface area contributed by atoms with E-state index in [0.29, 0.717) is 25.8 Å². The van der Waals surface area contributed by atoms with Gasteiger partial charge in [-0.05, 0) is 70.0 Å². The lowest BCUT2D eigenvalue weighted by atomic mass is 9.89. The van der Waals surface area contributed by atoms with Gasteiger partial charge in [0.15, 0.2) is 0 Å². The van der Waals surface area contributed by atoms with Gasteiger partial charge in [-0.3, -0.25) is 19.2 Å². The van der Waals surface area contributed by atoms with Crippen LogP contribution in [0.1, 0.15) is 100 Å². The first-order valence-electron chi connectivity index (χ1n) is 20.5. The topological polar surface area (TPSA) is 156 Å². The smallest absolute Gasteiger partial charge is 0.329 e. The number of esters is 1. The van der Waals surface area contributed by atoms with Crippen LogP contribution in [-0.2, 0) is 44.6 Å². The molecule has 14 heteroatoms. The fraction of sp³-hybridized carbons (Fsp3) is 0.744. The van der Waals surface area contributed by atoms with Crippen molar-refractivity contribution in [1.82, 2.24) is 25.8 Å². The molecule has 0 bridgehead atoms. The highest BCUT2D eigenvalue weighted by atomic mass is 19.1. The Morgan fingerprint density at radius 3 is 2.05 bits per heavy atom. The summed E-state index contributed by atoms with van der Waals surface area (Å²) in [4.78, 5) is 72.2. The minimum absolute atomic E-state index is 0.0107. The summed E-state index contributed by atoms with van der Waals surface area (Å²) in [7, 11) is 6.43. The molecule has 57 heavy (non-hydrogen) atoms. The highest BCUT2D eigenvalue weighted by Crippen LogP contribution is 2.30. The van der Waals surface area contributed by atoms with Gasteiger partial charge in [0, 0.05) is 34.2 Å². The number of amides is 4. The van der Waals surface area contributed by atoms with E-state index >= 15 is 0 Å². The molecule has 0 saturated carbocycles. The van der Waals surface area contributed by atoms with Gasteiger partial charge in [0.05, 0.1) is 42.7 Å². The lowest BCUT2D eigenvalue weighted by Crippen LogP contribution is -2.59. The van der Waals surface area contributed by atoms with Crippen LogP contribution in [0, 0.1) is 29.5 Å². The largest absolute Gasteiger partial charge is 0.458 e. The number of methoxy groups -OCH3 is 2. The summed E-state index contributed by atoms with van der Waals surface area (Å²) in [6.07, 6.45) is 0.408. The van der Waals surface area contributed by atoms with Crippen molar-refractivity contribution < 1.29 is 42.6 Å². The fourth-order valence-electron chi connectivity index (χ4n) is 7.80. The van der Waals surface area contributed by atoms with Gasteiger partial charge in [-0.25, -0.2) is 9.18 Å². The minimum atomic E-state index is -1.17. The Bertz CT molecular complexity index is 1490. The highest BCUT2D eigenvalue weighted by Gasteiger charge is 2.43. The van der Waals surface area contributed by atoms with Crippen molar-refractivity contribution in [2.45, 2.75) is 149 Å². The summed E-state index contributed by atoms with van der Waals surface area (Å²) in [5.74, 6) is -3.49. The van der Waals surface area contributed by atoms with Gasteiger partial charge in [0.25, 0.3) is 0 Å². The van der Waals surface area contributed by atoms with E-state index in [1.165, 1.54) is 20.3 Å². The molecule has 1 aliphatic rings. The lowest BCUT2D eigenvalue weighted by Gasteiger charge is -2.41. The van der Waals surface area contributed by atoms with Crippen molar-refractivity contribution in [2.75, 3.05) is 34.9 Å². The third-order valence-electron chi connectivity index (χ3n) is 11.1. The molecular weight excluding hydrogens is 733 g/mol. The van der Waals surface area contributed by atoms with Crippen LogP contribution in [0.15, 0.2) is 24.3 Å². The Labute approximate surface area is 340 Å². The van der Waals surface area contributed by atoms with E-state index in [4.69, 9.17) is 14.2 Å². The maximum Gasteiger partial charge on any atom is 0.329 e. The van der Waals surface area contributed by atoms with Crippen LogP contribution in [0.2, 0.25) is 0 Å². The van der Waals surface area contributed by atoms with Crippen molar-refractivity contribution in [3.8, 4) is 0 Å². The summed E-state index contributed by atoms with van der Waals surface area (Å²) in [5.41, 5.74) is -0.585. The summed E-state index contributed by atoms with van der Waals surface area (Å²) in [6.45, 7) is 18.9. The number of ether oxygens (including phenoxy) is 3. The van der Waals surface area contributed by atoms with Crippen LogP contribution in [0.5, 0.6) is 0 Å². The zero-order valence-corrected chi connectivity index (χ0v) is 36.9. The minimum Gasteiger partial charge on any atom is -0.458 e.